The van der Waals surface area contributed by atoms with E-state index in [1.54, 1.807) is 0 Å². The molecule has 3 nitrogen and oxygen atoms in total. The predicted octanol–water partition coefficient (Wildman–Crippen LogP) is 2.85. The second-order valence-electron chi connectivity index (χ2n) is 6.13. The van der Waals surface area contributed by atoms with Crippen molar-refractivity contribution < 1.29 is 5.11 Å². The Morgan fingerprint density at radius 3 is 2.95 bits per heavy atom. The molecule has 2 atom stereocenters. The molecule has 3 rings (SSSR count). The van der Waals surface area contributed by atoms with Crippen molar-refractivity contribution in [3.05, 3.63) is 24.4 Å². The monoisotopic (exact) mass is 292 g/mol. The van der Waals surface area contributed by atoms with Gasteiger partial charge in [-0.3, -0.25) is 0 Å². The van der Waals surface area contributed by atoms with Crippen LogP contribution in [0, 0.1) is 5.92 Å². The summed E-state index contributed by atoms with van der Waals surface area (Å²) in [6.07, 6.45) is 9.24. The van der Waals surface area contributed by atoms with E-state index in [9.17, 15) is 5.11 Å². The number of hydrogen-bond acceptors (Lipinski definition) is 4. The van der Waals surface area contributed by atoms with Crippen LogP contribution in [0.5, 0.6) is 0 Å². The van der Waals surface area contributed by atoms with Gasteiger partial charge >= 0.3 is 0 Å². The molecule has 20 heavy (non-hydrogen) atoms. The van der Waals surface area contributed by atoms with E-state index in [1.807, 2.05) is 30.1 Å². The summed E-state index contributed by atoms with van der Waals surface area (Å²) in [6.45, 7) is 0.294. The van der Waals surface area contributed by atoms with E-state index in [1.165, 1.54) is 32.1 Å². The van der Waals surface area contributed by atoms with Crippen LogP contribution in [0.3, 0.4) is 0 Å². The van der Waals surface area contributed by atoms with Crippen LogP contribution in [-0.2, 0) is 0 Å². The average Bonchev–Trinajstić information content (AvgIpc) is 3.21. The van der Waals surface area contributed by atoms with E-state index in [0.717, 1.165) is 17.2 Å². The molecular formula is C16H24N2OS. The first-order valence-corrected chi connectivity index (χ1v) is 8.73. The number of nitrogens with one attached hydrogen (secondary N) is 1. The number of rotatable bonds is 7. The second-order valence-corrected chi connectivity index (χ2v) is 7.24. The van der Waals surface area contributed by atoms with Gasteiger partial charge in [0.2, 0.25) is 0 Å². The molecule has 0 bridgehead atoms. The van der Waals surface area contributed by atoms with Crippen LogP contribution in [0.25, 0.3) is 0 Å². The minimum Gasteiger partial charge on any atom is -0.394 e. The summed E-state index contributed by atoms with van der Waals surface area (Å²) in [5.41, 5.74) is 0.00580. The van der Waals surface area contributed by atoms with Crippen LogP contribution in [0.1, 0.15) is 38.5 Å². The fraction of sp³-hybridized carbons (Fsp3) is 0.688. The van der Waals surface area contributed by atoms with E-state index >= 15 is 0 Å². The summed E-state index contributed by atoms with van der Waals surface area (Å²) < 4.78 is 0. The maximum Gasteiger partial charge on any atom is 0.0959 e. The zero-order valence-corrected chi connectivity index (χ0v) is 12.7. The Labute approximate surface area is 125 Å². The topological polar surface area (TPSA) is 45.1 Å². The molecular weight excluding hydrogens is 268 g/mol. The van der Waals surface area contributed by atoms with Gasteiger partial charge in [0.1, 0.15) is 0 Å². The van der Waals surface area contributed by atoms with Crippen LogP contribution in [-0.4, -0.2) is 34.0 Å². The Kier molecular flexibility index (Phi) is 4.64. The fourth-order valence-corrected chi connectivity index (χ4v) is 4.30. The van der Waals surface area contributed by atoms with Gasteiger partial charge < -0.3 is 10.4 Å². The van der Waals surface area contributed by atoms with Gasteiger partial charge in [0, 0.05) is 17.8 Å². The SMILES string of the molecule is OCC1(NC2CC2)CCCC1CCSc1ccccn1. The Morgan fingerprint density at radius 2 is 2.25 bits per heavy atom. The number of pyridine rings is 1. The Balaban J connectivity index is 1.52. The highest BCUT2D eigenvalue weighted by Crippen LogP contribution is 2.41. The molecule has 1 aromatic rings. The van der Waals surface area contributed by atoms with E-state index < -0.39 is 0 Å². The lowest BCUT2D eigenvalue weighted by molar-refractivity contribution is 0.120. The van der Waals surface area contributed by atoms with Gasteiger partial charge in [-0.05, 0) is 55.9 Å². The molecule has 2 fully saturated rings. The molecule has 0 spiro atoms. The lowest BCUT2D eigenvalue weighted by Crippen LogP contribution is -2.52. The van der Waals surface area contributed by atoms with Crippen LogP contribution in [0.4, 0.5) is 0 Å². The summed E-state index contributed by atoms with van der Waals surface area (Å²) in [6, 6.07) is 6.74. The number of hydrogen-bond donors (Lipinski definition) is 2. The van der Waals surface area contributed by atoms with Crippen molar-refractivity contribution in [1.82, 2.24) is 10.3 Å². The lowest BCUT2D eigenvalue weighted by atomic mass is 9.85. The highest BCUT2D eigenvalue weighted by molar-refractivity contribution is 7.99. The minimum atomic E-state index is 0.00580. The Bertz CT molecular complexity index is 424. The number of aliphatic hydroxyl groups excluding tert-OH is 1. The first-order valence-electron chi connectivity index (χ1n) is 7.75. The molecule has 0 radical (unpaired) electrons. The number of thioether (sulfide) groups is 1. The summed E-state index contributed by atoms with van der Waals surface area (Å²) in [5, 5.41) is 14.7. The molecule has 2 N–H and O–H groups in total. The van der Waals surface area contributed by atoms with Crippen molar-refractivity contribution in [2.75, 3.05) is 12.4 Å². The maximum atomic E-state index is 9.90. The van der Waals surface area contributed by atoms with Gasteiger partial charge in [0.15, 0.2) is 0 Å². The maximum absolute atomic E-state index is 9.90. The molecule has 2 aliphatic carbocycles. The molecule has 4 heteroatoms. The second kappa shape index (κ2) is 6.46. The van der Waals surface area contributed by atoms with Gasteiger partial charge in [0.05, 0.1) is 11.6 Å². The first kappa shape index (κ1) is 14.4. The quantitative estimate of drug-likeness (QED) is 0.759. The molecule has 0 amide bonds. The third-order valence-electron chi connectivity index (χ3n) is 4.66. The molecule has 1 aromatic heterocycles. The van der Waals surface area contributed by atoms with E-state index in [2.05, 4.69) is 16.4 Å². The fourth-order valence-electron chi connectivity index (χ4n) is 3.38. The molecule has 2 unspecified atom stereocenters. The van der Waals surface area contributed by atoms with Crippen LogP contribution in [0.2, 0.25) is 0 Å². The molecule has 0 aromatic carbocycles. The third-order valence-corrected chi connectivity index (χ3v) is 5.64. The smallest absolute Gasteiger partial charge is 0.0959 e. The summed E-state index contributed by atoms with van der Waals surface area (Å²) in [5.74, 6) is 1.71. The molecule has 110 valence electrons. The van der Waals surface area contributed by atoms with Crippen LogP contribution < -0.4 is 5.32 Å². The normalized spacial score (nSPS) is 29.8. The highest BCUT2D eigenvalue weighted by atomic mass is 32.2. The molecule has 1 heterocycles. The largest absolute Gasteiger partial charge is 0.394 e. The van der Waals surface area contributed by atoms with E-state index in [0.29, 0.717) is 18.6 Å². The summed E-state index contributed by atoms with van der Waals surface area (Å²) >= 11 is 1.83. The van der Waals surface area contributed by atoms with E-state index in [-0.39, 0.29) is 5.54 Å². The van der Waals surface area contributed by atoms with Crippen LogP contribution in [0.15, 0.2) is 29.4 Å². The summed E-state index contributed by atoms with van der Waals surface area (Å²) in [4.78, 5) is 4.36. The third kappa shape index (κ3) is 3.35. The number of nitrogens with zero attached hydrogens (tertiary/aromatic N) is 1. The van der Waals surface area contributed by atoms with Crippen molar-refractivity contribution in [2.24, 2.45) is 5.92 Å². The Morgan fingerprint density at radius 1 is 1.35 bits per heavy atom. The van der Waals surface area contributed by atoms with Crippen molar-refractivity contribution in [3.63, 3.8) is 0 Å². The van der Waals surface area contributed by atoms with Gasteiger partial charge in [-0.15, -0.1) is 11.8 Å². The zero-order chi connectivity index (χ0) is 13.8. The molecule has 0 aliphatic heterocycles. The van der Waals surface area contributed by atoms with Crippen molar-refractivity contribution in [2.45, 2.75) is 55.1 Å². The van der Waals surface area contributed by atoms with Gasteiger partial charge in [-0.2, -0.15) is 0 Å². The van der Waals surface area contributed by atoms with Crippen molar-refractivity contribution >= 4 is 11.8 Å². The molecule has 2 aliphatic rings. The van der Waals surface area contributed by atoms with Gasteiger partial charge in [-0.1, -0.05) is 12.5 Å². The average molecular weight is 292 g/mol. The molecule has 0 saturated heterocycles. The van der Waals surface area contributed by atoms with E-state index in [4.69, 9.17) is 0 Å². The molecule has 2 saturated carbocycles. The minimum absolute atomic E-state index is 0.00580. The zero-order valence-electron chi connectivity index (χ0n) is 11.9. The number of aliphatic hydroxyl groups is 1. The standard InChI is InChI=1S/C16H24N2OS/c19-12-16(18-14-6-7-14)9-3-4-13(16)8-11-20-15-5-1-2-10-17-15/h1-2,5,10,13-14,18-19H,3-4,6-9,11-12H2. The highest BCUT2D eigenvalue weighted by Gasteiger charge is 2.44. The van der Waals surface area contributed by atoms with Crippen molar-refractivity contribution in [3.8, 4) is 0 Å². The lowest BCUT2D eigenvalue weighted by Gasteiger charge is -2.35. The predicted molar refractivity (Wildman–Crippen MR) is 82.9 cm³/mol. The summed E-state index contributed by atoms with van der Waals surface area (Å²) in [7, 11) is 0. The van der Waals surface area contributed by atoms with Gasteiger partial charge in [0.25, 0.3) is 0 Å². The van der Waals surface area contributed by atoms with Crippen LogP contribution >= 0.6 is 11.8 Å². The van der Waals surface area contributed by atoms with Crippen molar-refractivity contribution in [1.29, 1.82) is 0 Å². The van der Waals surface area contributed by atoms with Gasteiger partial charge in [-0.25, -0.2) is 4.98 Å². The number of aromatic nitrogens is 1. The Hall–Kier alpha value is -0.580. The first-order chi connectivity index (χ1) is 9.82.